The van der Waals surface area contributed by atoms with Gasteiger partial charge in [-0.25, -0.2) is 4.98 Å². The zero-order valence-corrected chi connectivity index (χ0v) is 11.5. The van der Waals surface area contributed by atoms with Gasteiger partial charge in [0, 0.05) is 37.4 Å². The molecule has 1 aromatic rings. The van der Waals surface area contributed by atoms with Gasteiger partial charge in [-0.15, -0.1) is 0 Å². The van der Waals surface area contributed by atoms with Crippen molar-refractivity contribution in [3.63, 3.8) is 0 Å². The SMILES string of the molecule is N[C@@H]1CCN(C2CCC(Nc3ccccn3)CC2)C1. The molecule has 4 heteroatoms. The molecule has 19 heavy (non-hydrogen) atoms. The van der Waals surface area contributed by atoms with Crippen LogP contribution >= 0.6 is 0 Å². The van der Waals surface area contributed by atoms with Crippen molar-refractivity contribution in [2.24, 2.45) is 5.73 Å². The highest BCUT2D eigenvalue weighted by molar-refractivity contribution is 5.34. The Labute approximate surface area is 115 Å². The first-order valence-electron chi connectivity index (χ1n) is 7.48. The van der Waals surface area contributed by atoms with Gasteiger partial charge in [-0.2, -0.15) is 0 Å². The molecule has 1 aliphatic carbocycles. The molecule has 0 bridgehead atoms. The summed E-state index contributed by atoms with van der Waals surface area (Å²) in [5.41, 5.74) is 6.00. The van der Waals surface area contributed by atoms with E-state index in [2.05, 4.69) is 15.2 Å². The van der Waals surface area contributed by atoms with Crippen LogP contribution in [0.25, 0.3) is 0 Å². The second kappa shape index (κ2) is 5.88. The zero-order chi connectivity index (χ0) is 13.1. The Bertz CT molecular complexity index is 386. The Morgan fingerprint density at radius 3 is 2.63 bits per heavy atom. The van der Waals surface area contributed by atoms with Crippen LogP contribution in [0.3, 0.4) is 0 Å². The second-order valence-electron chi connectivity index (χ2n) is 5.91. The lowest BCUT2D eigenvalue weighted by Crippen LogP contribution is -2.40. The lowest BCUT2D eigenvalue weighted by atomic mass is 9.90. The number of nitrogens with zero attached hydrogens (tertiary/aromatic N) is 2. The van der Waals surface area contributed by atoms with Gasteiger partial charge in [0.05, 0.1) is 0 Å². The molecule has 104 valence electrons. The zero-order valence-electron chi connectivity index (χ0n) is 11.5. The Morgan fingerprint density at radius 1 is 1.16 bits per heavy atom. The number of nitrogens with two attached hydrogens (primary N) is 1. The summed E-state index contributed by atoms with van der Waals surface area (Å²) in [7, 11) is 0. The topological polar surface area (TPSA) is 54.2 Å². The van der Waals surface area contributed by atoms with E-state index in [1.165, 1.54) is 38.6 Å². The fourth-order valence-corrected chi connectivity index (χ4v) is 3.39. The van der Waals surface area contributed by atoms with Crippen molar-refractivity contribution >= 4 is 5.82 Å². The van der Waals surface area contributed by atoms with Crippen molar-refractivity contribution in [1.82, 2.24) is 9.88 Å². The number of likely N-dealkylation sites (tertiary alicyclic amines) is 1. The number of aromatic nitrogens is 1. The lowest BCUT2D eigenvalue weighted by Gasteiger charge is -2.35. The molecular formula is C15H24N4. The number of anilines is 1. The van der Waals surface area contributed by atoms with Crippen LogP contribution in [0.2, 0.25) is 0 Å². The summed E-state index contributed by atoms with van der Waals surface area (Å²) >= 11 is 0. The largest absolute Gasteiger partial charge is 0.367 e. The lowest BCUT2D eigenvalue weighted by molar-refractivity contribution is 0.184. The predicted octanol–water partition coefficient (Wildman–Crippen LogP) is 1.84. The molecule has 2 fully saturated rings. The molecule has 3 N–H and O–H groups in total. The average molecular weight is 260 g/mol. The van der Waals surface area contributed by atoms with E-state index in [0.717, 1.165) is 18.4 Å². The number of hydrogen-bond acceptors (Lipinski definition) is 4. The van der Waals surface area contributed by atoms with E-state index in [4.69, 9.17) is 5.73 Å². The molecule has 3 rings (SSSR count). The predicted molar refractivity (Wildman–Crippen MR) is 78.1 cm³/mol. The molecule has 0 amide bonds. The maximum Gasteiger partial charge on any atom is 0.126 e. The number of pyridine rings is 1. The van der Waals surface area contributed by atoms with Crippen molar-refractivity contribution < 1.29 is 0 Å². The third-order valence-corrected chi connectivity index (χ3v) is 4.49. The van der Waals surface area contributed by atoms with Gasteiger partial charge >= 0.3 is 0 Å². The molecule has 0 spiro atoms. The first kappa shape index (κ1) is 12.9. The van der Waals surface area contributed by atoms with Crippen LogP contribution in [-0.4, -0.2) is 41.1 Å². The van der Waals surface area contributed by atoms with Crippen LogP contribution in [-0.2, 0) is 0 Å². The van der Waals surface area contributed by atoms with Gasteiger partial charge in [-0.05, 0) is 44.2 Å². The fourth-order valence-electron chi connectivity index (χ4n) is 3.39. The molecule has 1 aliphatic heterocycles. The van der Waals surface area contributed by atoms with Crippen molar-refractivity contribution in [2.75, 3.05) is 18.4 Å². The summed E-state index contributed by atoms with van der Waals surface area (Å²) in [4.78, 5) is 6.94. The Hall–Kier alpha value is -1.13. The first-order valence-corrected chi connectivity index (χ1v) is 7.48. The van der Waals surface area contributed by atoms with Crippen LogP contribution < -0.4 is 11.1 Å². The van der Waals surface area contributed by atoms with E-state index >= 15 is 0 Å². The van der Waals surface area contributed by atoms with Crippen LogP contribution in [0.4, 0.5) is 5.82 Å². The Kier molecular flexibility index (Phi) is 3.99. The quantitative estimate of drug-likeness (QED) is 0.870. The van der Waals surface area contributed by atoms with Gasteiger partial charge in [0.2, 0.25) is 0 Å². The van der Waals surface area contributed by atoms with Crippen LogP contribution in [0.15, 0.2) is 24.4 Å². The van der Waals surface area contributed by atoms with E-state index in [0.29, 0.717) is 12.1 Å². The van der Waals surface area contributed by atoms with Crippen LogP contribution in [0.1, 0.15) is 32.1 Å². The van der Waals surface area contributed by atoms with Crippen molar-refractivity contribution in [3.05, 3.63) is 24.4 Å². The smallest absolute Gasteiger partial charge is 0.126 e. The third-order valence-electron chi connectivity index (χ3n) is 4.49. The maximum atomic E-state index is 6.00. The number of rotatable bonds is 3. The van der Waals surface area contributed by atoms with Crippen molar-refractivity contribution in [3.8, 4) is 0 Å². The summed E-state index contributed by atoms with van der Waals surface area (Å²) in [6.07, 6.45) is 8.08. The van der Waals surface area contributed by atoms with Gasteiger partial charge in [0.15, 0.2) is 0 Å². The Morgan fingerprint density at radius 2 is 2.00 bits per heavy atom. The fraction of sp³-hybridized carbons (Fsp3) is 0.667. The van der Waals surface area contributed by atoms with Gasteiger partial charge in [-0.1, -0.05) is 6.07 Å². The summed E-state index contributed by atoms with van der Waals surface area (Å²) < 4.78 is 0. The molecular weight excluding hydrogens is 236 g/mol. The molecule has 1 saturated carbocycles. The molecule has 2 heterocycles. The van der Waals surface area contributed by atoms with E-state index in [-0.39, 0.29) is 0 Å². The standard InChI is InChI=1S/C15H24N4/c16-12-8-10-19(11-12)14-6-4-13(5-7-14)18-15-3-1-2-9-17-15/h1-3,9,12-14H,4-8,10-11,16H2,(H,17,18)/t12-,13?,14?/m1/s1. The molecule has 1 saturated heterocycles. The highest BCUT2D eigenvalue weighted by Crippen LogP contribution is 2.27. The van der Waals surface area contributed by atoms with Crippen LogP contribution in [0.5, 0.6) is 0 Å². The summed E-state index contributed by atoms with van der Waals surface area (Å²) in [5.74, 6) is 1.01. The monoisotopic (exact) mass is 260 g/mol. The third kappa shape index (κ3) is 3.25. The van der Waals surface area contributed by atoms with Gasteiger partial charge in [-0.3, -0.25) is 4.90 Å². The van der Waals surface area contributed by atoms with Crippen LogP contribution in [0, 0.1) is 0 Å². The highest BCUT2D eigenvalue weighted by Gasteiger charge is 2.29. The van der Waals surface area contributed by atoms with E-state index in [1.54, 1.807) is 0 Å². The number of hydrogen-bond donors (Lipinski definition) is 2. The van der Waals surface area contributed by atoms with E-state index in [1.807, 2.05) is 24.4 Å². The minimum absolute atomic E-state index is 0.407. The van der Waals surface area contributed by atoms with Crippen molar-refractivity contribution in [1.29, 1.82) is 0 Å². The minimum atomic E-state index is 0.407. The summed E-state index contributed by atoms with van der Waals surface area (Å²) in [6.45, 7) is 2.30. The summed E-state index contributed by atoms with van der Waals surface area (Å²) in [6, 6.07) is 7.79. The highest BCUT2D eigenvalue weighted by atomic mass is 15.2. The molecule has 1 aromatic heterocycles. The molecule has 2 aliphatic rings. The molecule has 0 unspecified atom stereocenters. The molecule has 0 aromatic carbocycles. The second-order valence-corrected chi connectivity index (χ2v) is 5.91. The maximum absolute atomic E-state index is 6.00. The molecule has 4 nitrogen and oxygen atoms in total. The first-order chi connectivity index (χ1) is 9.31. The van der Waals surface area contributed by atoms with Crippen molar-refractivity contribution in [2.45, 2.75) is 50.2 Å². The van der Waals surface area contributed by atoms with Gasteiger partial charge < -0.3 is 11.1 Å². The van der Waals surface area contributed by atoms with E-state index < -0.39 is 0 Å². The normalized spacial score (nSPS) is 32.4. The Balaban J connectivity index is 1.47. The summed E-state index contributed by atoms with van der Waals surface area (Å²) in [5, 5.41) is 3.55. The molecule has 0 radical (unpaired) electrons. The van der Waals surface area contributed by atoms with Gasteiger partial charge in [0.1, 0.15) is 5.82 Å². The number of nitrogens with one attached hydrogen (secondary N) is 1. The molecule has 1 atom stereocenters. The minimum Gasteiger partial charge on any atom is -0.367 e. The van der Waals surface area contributed by atoms with E-state index in [9.17, 15) is 0 Å². The van der Waals surface area contributed by atoms with Gasteiger partial charge in [0.25, 0.3) is 0 Å². The average Bonchev–Trinajstić information content (AvgIpc) is 2.87.